The first kappa shape index (κ1) is 22.0. The first-order valence-electron chi connectivity index (χ1n) is 7.49. The van der Waals surface area contributed by atoms with Crippen molar-refractivity contribution < 1.29 is 4.52 Å². The zero-order valence-corrected chi connectivity index (χ0v) is 18.7. The van der Waals surface area contributed by atoms with Crippen LogP contribution < -0.4 is 10.6 Å². The molecule has 2 heterocycles. The molecule has 0 aliphatic heterocycles. The molecule has 140 valence electrons. The van der Waals surface area contributed by atoms with Crippen LogP contribution in [-0.2, 0) is 25.6 Å². The third kappa shape index (κ3) is 5.75. The monoisotopic (exact) mass is 500 g/mol. The zero-order valence-electron chi connectivity index (χ0n) is 14.9. The second kappa shape index (κ2) is 9.09. The van der Waals surface area contributed by atoms with Crippen molar-refractivity contribution in [3.8, 4) is 0 Å². The van der Waals surface area contributed by atoms with Crippen LogP contribution in [0.25, 0.3) is 0 Å². The van der Waals surface area contributed by atoms with E-state index < -0.39 is 0 Å². The van der Waals surface area contributed by atoms with Crippen LogP contribution in [0.4, 0.5) is 0 Å². The third-order valence-corrected chi connectivity index (χ3v) is 4.24. The largest absolute Gasteiger partial charge is 0.351 e. The summed E-state index contributed by atoms with van der Waals surface area (Å²) in [5.41, 5.74) is 0.776. The highest BCUT2D eigenvalue weighted by molar-refractivity contribution is 14.0. The van der Waals surface area contributed by atoms with Crippen LogP contribution in [0.3, 0.4) is 0 Å². The Hall–Kier alpha value is -1.000. The molecule has 0 fully saturated rings. The van der Waals surface area contributed by atoms with Gasteiger partial charge in [0, 0.05) is 25.2 Å². The molecule has 0 radical (unpaired) electrons. The number of aromatic nitrogens is 3. The third-order valence-electron chi connectivity index (χ3n) is 3.40. The number of aliphatic imine (C=N–C) groups is 1. The van der Waals surface area contributed by atoms with E-state index in [2.05, 4.69) is 25.8 Å². The molecule has 0 aliphatic rings. The molecule has 2 N–H and O–H groups in total. The van der Waals surface area contributed by atoms with E-state index >= 15 is 0 Å². The van der Waals surface area contributed by atoms with E-state index in [1.54, 1.807) is 7.05 Å². The van der Waals surface area contributed by atoms with Crippen molar-refractivity contribution in [3.63, 3.8) is 0 Å². The van der Waals surface area contributed by atoms with Crippen molar-refractivity contribution >= 4 is 53.1 Å². The van der Waals surface area contributed by atoms with Crippen molar-refractivity contribution in [1.29, 1.82) is 0 Å². The molecule has 0 atom stereocenters. The van der Waals surface area contributed by atoms with Gasteiger partial charge in [-0.2, -0.15) is 4.98 Å². The first-order valence-corrected chi connectivity index (χ1v) is 8.25. The van der Waals surface area contributed by atoms with Crippen LogP contribution in [0, 0.1) is 0 Å². The number of nitrogens with zero attached hydrogens (tertiary/aromatic N) is 4. The maximum Gasteiger partial charge on any atom is 0.232 e. The molecule has 0 unspecified atom stereocenters. The Morgan fingerprint density at radius 3 is 2.40 bits per heavy atom. The molecule has 0 bridgehead atoms. The maximum absolute atomic E-state index is 6.06. The Labute approximate surface area is 174 Å². The topological polar surface area (TPSA) is 80.3 Å². The fraction of sp³-hybridized carbons (Fsp3) is 0.533. The normalized spacial score (nSPS) is 12.0. The molecule has 0 saturated carbocycles. The van der Waals surface area contributed by atoms with E-state index in [4.69, 9.17) is 27.7 Å². The van der Waals surface area contributed by atoms with Crippen molar-refractivity contribution in [3.05, 3.63) is 33.7 Å². The molecule has 2 aromatic rings. The molecule has 2 aromatic heterocycles. The van der Waals surface area contributed by atoms with Crippen LogP contribution in [0.5, 0.6) is 0 Å². The van der Waals surface area contributed by atoms with Crippen LogP contribution in [-0.4, -0.2) is 27.7 Å². The summed E-state index contributed by atoms with van der Waals surface area (Å²) in [6.45, 7) is 7.01. The summed E-state index contributed by atoms with van der Waals surface area (Å²) < 4.78 is 7.08. The molecule has 0 aromatic carbocycles. The number of rotatable bonds is 4. The minimum absolute atomic E-state index is 0. The summed E-state index contributed by atoms with van der Waals surface area (Å²) in [7, 11) is 3.55. The van der Waals surface area contributed by atoms with Gasteiger partial charge in [-0.15, -0.1) is 24.0 Å². The Morgan fingerprint density at radius 1 is 1.28 bits per heavy atom. The molecule has 10 heteroatoms. The lowest BCUT2D eigenvalue weighted by molar-refractivity contribution is 0.318. The van der Waals surface area contributed by atoms with Crippen molar-refractivity contribution in [2.45, 2.75) is 39.3 Å². The second-order valence-electron chi connectivity index (χ2n) is 6.38. The van der Waals surface area contributed by atoms with Crippen LogP contribution in [0.2, 0.25) is 10.2 Å². The summed E-state index contributed by atoms with van der Waals surface area (Å²) in [5, 5.41) is 11.3. The van der Waals surface area contributed by atoms with Gasteiger partial charge in [0.25, 0.3) is 0 Å². The van der Waals surface area contributed by atoms with Crippen LogP contribution >= 0.6 is 47.2 Å². The molecule has 0 amide bonds. The van der Waals surface area contributed by atoms with E-state index in [1.807, 2.05) is 38.5 Å². The van der Waals surface area contributed by atoms with Gasteiger partial charge < -0.3 is 19.7 Å². The Morgan fingerprint density at radius 2 is 1.92 bits per heavy atom. The fourth-order valence-corrected chi connectivity index (χ4v) is 2.36. The number of hydrogen-bond donors (Lipinski definition) is 2. The van der Waals surface area contributed by atoms with Crippen molar-refractivity contribution in [2.75, 3.05) is 7.05 Å². The SMILES string of the molecule is CN=C(NCc1noc(C(C)(C)C)n1)NCc1cc(Cl)c(Cl)n1C.I. The van der Waals surface area contributed by atoms with E-state index in [-0.39, 0.29) is 29.4 Å². The van der Waals surface area contributed by atoms with Crippen molar-refractivity contribution in [2.24, 2.45) is 12.0 Å². The number of halogens is 3. The first-order chi connectivity index (χ1) is 11.2. The number of nitrogens with one attached hydrogen (secondary N) is 2. The van der Waals surface area contributed by atoms with Gasteiger partial charge >= 0.3 is 0 Å². The lowest BCUT2D eigenvalue weighted by Crippen LogP contribution is -2.37. The number of hydrogen-bond acceptors (Lipinski definition) is 4. The quantitative estimate of drug-likeness (QED) is 0.381. The second-order valence-corrected chi connectivity index (χ2v) is 7.14. The van der Waals surface area contributed by atoms with Gasteiger partial charge in [0.05, 0.1) is 18.1 Å². The molecular weight excluding hydrogens is 478 g/mol. The highest BCUT2D eigenvalue weighted by Gasteiger charge is 2.21. The summed E-state index contributed by atoms with van der Waals surface area (Å²) in [5.74, 6) is 1.80. The standard InChI is InChI=1S/C15H22Cl2N6O.HI/c1-15(2,3)13-21-11(22-24-13)8-20-14(18-4)19-7-9-6-10(16)12(17)23(9)5;/h6H,7-8H2,1-5H3,(H2,18,19,20);1H. The molecule has 0 saturated heterocycles. The minimum Gasteiger partial charge on any atom is -0.351 e. The van der Waals surface area contributed by atoms with E-state index in [0.717, 1.165) is 5.69 Å². The van der Waals surface area contributed by atoms with E-state index in [9.17, 15) is 0 Å². The molecule has 2 rings (SSSR count). The van der Waals surface area contributed by atoms with Gasteiger partial charge in [-0.05, 0) is 6.07 Å². The van der Waals surface area contributed by atoms with Gasteiger partial charge in [-0.1, -0.05) is 49.1 Å². The lowest BCUT2D eigenvalue weighted by Gasteiger charge is -2.11. The molecule has 25 heavy (non-hydrogen) atoms. The fourth-order valence-electron chi connectivity index (χ4n) is 1.95. The predicted octanol–water partition coefficient (Wildman–Crippen LogP) is 3.50. The van der Waals surface area contributed by atoms with Gasteiger partial charge in [-0.25, -0.2) is 0 Å². The minimum atomic E-state index is -0.170. The summed E-state index contributed by atoms with van der Waals surface area (Å²) in [6.07, 6.45) is 0. The average Bonchev–Trinajstić information content (AvgIpc) is 3.09. The highest BCUT2D eigenvalue weighted by Crippen LogP contribution is 2.24. The maximum atomic E-state index is 6.06. The smallest absolute Gasteiger partial charge is 0.232 e. The van der Waals surface area contributed by atoms with Gasteiger partial charge in [-0.3, -0.25) is 4.99 Å². The van der Waals surface area contributed by atoms with Crippen LogP contribution in [0.15, 0.2) is 15.6 Å². The number of guanidine groups is 1. The predicted molar refractivity (Wildman–Crippen MR) is 111 cm³/mol. The lowest BCUT2D eigenvalue weighted by atomic mass is 9.97. The summed E-state index contributed by atoms with van der Waals surface area (Å²) in [6, 6.07) is 1.82. The molecule has 7 nitrogen and oxygen atoms in total. The van der Waals surface area contributed by atoms with E-state index in [0.29, 0.717) is 40.9 Å². The average molecular weight is 501 g/mol. The highest BCUT2D eigenvalue weighted by atomic mass is 127. The van der Waals surface area contributed by atoms with Gasteiger partial charge in [0.1, 0.15) is 5.15 Å². The Balaban J connectivity index is 0.00000312. The van der Waals surface area contributed by atoms with Gasteiger partial charge in [0.15, 0.2) is 11.8 Å². The van der Waals surface area contributed by atoms with Crippen LogP contribution in [0.1, 0.15) is 38.2 Å². The summed E-state index contributed by atoms with van der Waals surface area (Å²) >= 11 is 12.1. The Kier molecular flexibility index (Phi) is 8.01. The molecular formula is C15H23Cl2IN6O. The van der Waals surface area contributed by atoms with E-state index in [1.165, 1.54) is 0 Å². The zero-order chi connectivity index (χ0) is 17.9. The Bertz CT molecular complexity index is 735. The molecule has 0 spiro atoms. The van der Waals surface area contributed by atoms with Gasteiger partial charge in [0.2, 0.25) is 5.89 Å². The molecule has 0 aliphatic carbocycles. The summed E-state index contributed by atoms with van der Waals surface area (Å²) in [4.78, 5) is 8.54. The van der Waals surface area contributed by atoms with Crippen molar-refractivity contribution in [1.82, 2.24) is 25.3 Å².